The van der Waals surface area contributed by atoms with E-state index in [2.05, 4.69) is 55.3 Å². The van der Waals surface area contributed by atoms with Gasteiger partial charge in [0, 0.05) is 30.4 Å². The molecule has 1 N–H and O–H groups in total. The van der Waals surface area contributed by atoms with Crippen LogP contribution in [0.3, 0.4) is 0 Å². The summed E-state index contributed by atoms with van der Waals surface area (Å²) in [5, 5.41) is 6.82. The minimum atomic E-state index is 0.172. The van der Waals surface area contributed by atoms with Gasteiger partial charge in [-0.15, -0.1) is 11.3 Å². The van der Waals surface area contributed by atoms with E-state index in [4.69, 9.17) is 0 Å². The molecule has 1 rings (SSSR count). The summed E-state index contributed by atoms with van der Waals surface area (Å²) in [6.45, 7) is 12.9. The van der Waals surface area contributed by atoms with Crippen molar-refractivity contribution in [3.8, 4) is 0 Å². The van der Waals surface area contributed by atoms with Gasteiger partial charge < -0.3 is 10.2 Å². The average molecular weight is 255 g/mol. The number of hydrogen-bond donors (Lipinski definition) is 1. The highest BCUT2D eigenvalue weighted by molar-refractivity contribution is 7.09. The molecule has 0 unspecified atom stereocenters. The van der Waals surface area contributed by atoms with Gasteiger partial charge in [-0.3, -0.25) is 0 Å². The van der Waals surface area contributed by atoms with E-state index < -0.39 is 0 Å². The highest BCUT2D eigenvalue weighted by Crippen LogP contribution is 2.25. The molecule has 4 heteroatoms. The van der Waals surface area contributed by atoms with Crippen LogP contribution in [-0.2, 0) is 12.0 Å². The van der Waals surface area contributed by atoms with Crippen molar-refractivity contribution in [1.82, 2.24) is 15.2 Å². The molecule has 1 aromatic heterocycles. The van der Waals surface area contributed by atoms with Crippen molar-refractivity contribution in [2.45, 2.75) is 39.7 Å². The standard InChI is InChI=1S/C13H25N3S/c1-6-16(5)8-7-14-9-11-10-17-12(15-11)13(2,3)4/h10,14H,6-9H2,1-5H3. The van der Waals surface area contributed by atoms with Crippen molar-refractivity contribution >= 4 is 11.3 Å². The highest BCUT2D eigenvalue weighted by atomic mass is 32.1. The Labute approximate surface area is 109 Å². The third-order valence-electron chi connectivity index (χ3n) is 2.71. The van der Waals surface area contributed by atoms with Crippen LogP contribution < -0.4 is 5.32 Å². The molecule has 0 aromatic carbocycles. The zero-order valence-corrected chi connectivity index (χ0v) is 12.5. The van der Waals surface area contributed by atoms with Crippen LogP contribution in [0.15, 0.2) is 5.38 Å². The zero-order valence-electron chi connectivity index (χ0n) is 11.7. The zero-order chi connectivity index (χ0) is 12.9. The first-order valence-corrected chi connectivity index (χ1v) is 7.15. The molecule has 0 saturated heterocycles. The topological polar surface area (TPSA) is 28.2 Å². The Balaban J connectivity index is 2.31. The van der Waals surface area contributed by atoms with Crippen molar-refractivity contribution < 1.29 is 0 Å². The molecule has 0 aliphatic heterocycles. The lowest BCUT2D eigenvalue weighted by Crippen LogP contribution is -2.28. The van der Waals surface area contributed by atoms with Crippen LogP contribution in [0.25, 0.3) is 0 Å². The van der Waals surface area contributed by atoms with Crippen molar-refractivity contribution in [2.75, 3.05) is 26.7 Å². The van der Waals surface area contributed by atoms with Crippen LogP contribution in [0.4, 0.5) is 0 Å². The van der Waals surface area contributed by atoms with Crippen LogP contribution in [0.2, 0.25) is 0 Å². The molecule has 0 spiro atoms. The lowest BCUT2D eigenvalue weighted by Gasteiger charge is -2.14. The third-order valence-corrected chi connectivity index (χ3v) is 4.03. The second kappa shape index (κ2) is 6.47. The number of rotatable bonds is 6. The second-order valence-electron chi connectivity index (χ2n) is 5.47. The second-order valence-corrected chi connectivity index (χ2v) is 6.32. The summed E-state index contributed by atoms with van der Waals surface area (Å²) in [6, 6.07) is 0. The number of nitrogens with one attached hydrogen (secondary N) is 1. The molecular formula is C13H25N3S. The first kappa shape index (κ1) is 14.6. The van der Waals surface area contributed by atoms with Gasteiger partial charge in [-0.05, 0) is 13.6 Å². The first-order chi connectivity index (χ1) is 7.93. The van der Waals surface area contributed by atoms with E-state index >= 15 is 0 Å². The summed E-state index contributed by atoms with van der Waals surface area (Å²) < 4.78 is 0. The number of aromatic nitrogens is 1. The van der Waals surface area contributed by atoms with Gasteiger partial charge in [-0.2, -0.15) is 0 Å². The van der Waals surface area contributed by atoms with Crippen molar-refractivity contribution in [3.05, 3.63) is 16.1 Å². The normalized spacial score (nSPS) is 12.4. The van der Waals surface area contributed by atoms with Crippen LogP contribution in [0.1, 0.15) is 38.4 Å². The number of likely N-dealkylation sites (N-methyl/N-ethyl adjacent to an activating group) is 1. The number of hydrogen-bond acceptors (Lipinski definition) is 4. The quantitative estimate of drug-likeness (QED) is 0.792. The predicted octanol–water partition coefficient (Wildman–Crippen LogP) is 2.48. The smallest absolute Gasteiger partial charge is 0.0982 e. The van der Waals surface area contributed by atoms with E-state index in [-0.39, 0.29) is 5.41 Å². The first-order valence-electron chi connectivity index (χ1n) is 6.27. The van der Waals surface area contributed by atoms with Crippen molar-refractivity contribution in [3.63, 3.8) is 0 Å². The SMILES string of the molecule is CCN(C)CCNCc1csc(C(C)(C)C)n1. The third kappa shape index (κ3) is 5.15. The fraction of sp³-hybridized carbons (Fsp3) is 0.769. The van der Waals surface area contributed by atoms with Gasteiger partial charge in [0.1, 0.15) is 0 Å². The molecule has 1 aromatic rings. The molecule has 98 valence electrons. The molecule has 1 heterocycles. The van der Waals surface area contributed by atoms with E-state index in [0.29, 0.717) is 0 Å². The highest BCUT2D eigenvalue weighted by Gasteiger charge is 2.17. The van der Waals surface area contributed by atoms with E-state index in [1.54, 1.807) is 11.3 Å². The Morgan fingerprint density at radius 1 is 1.41 bits per heavy atom. The van der Waals surface area contributed by atoms with E-state index in [0.717, 1.165) is 26.2 Å². The minimum Gasteiger partial charge on any atom is -0.310 e. The van der Waals surface area contributed by atoms with Crippen LogP contribution >= 0.6 is 11.3 Å². The molecular weight excluding hydrogens is 230 g/mol. The van der Waals surface area contributed by atoms with E-state index in [1.165, 1.54) is 10.7 Å². The number of thiazole rings is 1. The van der Waals surface area contributed by atoms with Gasteiger partial charge in [0.05, 0.1) is 10.7 Å². The van der Waals surface area contributed by atoms with Gasteiger partial charge in [-0.25, -0.2) is 4.98 Å². The largest absolute Gasteiger partial charge is 0.310 e. The Morgan fingerprint density at radius 2 is 2.12 bits per heavy atom. The molecule has 0 bridgehead atoms. The predicted molar refractivity (Wildman–Crippen MR) is 75.7 cm³/mol. The lowest BCUT2D eigenvalue weighted by atomic mass is 9.98. The van der Waals surface area contributed by atoms with Crippen LogP contribution in [0.5, 0.6) is 0 Å². The van der Waals surface area contributed by atoms with Gasteiger partial charge in [0.25, 0.3) is 0 Å². The molecule has 17 heavy (non-hydrogen) atoms. The fourth-order valence-electron chi connectivity index (χ4n) is 1.38. The number of nitrogens with zero attached hydrogens (tertiary/aromatic N) is 2. The van der Waals surface area contributed by atoms with Crippen LogP contribution in [-0.4, -0.2) is 36.6 Å². The molecule has 0 amide bonds. The monoisotopic (exact) mass is 255 g/mol. The Morgan fingerprint density at radius 3 is 2.65 bits per heavy atom. The molecule has 0 aliphatic rings. The summed E-state index contributed by atoms with van der Waals surface area (Å²) >= 11 is 1.76. The van der Waals surface area contributed by atoms with Gasteiger partial charge in [0.2, 0.25) is 0 Å². The maximum atomic E-state index is 4.66. The summed E-state index contributed by atoms with van der Waals surface area (Å²) in [7, 11) is 2.14. The molecule has 0 fully saturated rings. The van der Waals surface area contributed by atoms with Gasteiger partial charge >= 0.3 is 0 Å². The summed E-state index contributed by atoms with van der Waals surface area (Å²) in [6.07, 6.45) is 0. The van der Waals surface area contributed by atoms with Crippen molar-refractivity contribution in [1.29, 1.82) is 0 Å². The minimum absolute atomic E-state index is 0.172. The molecule has 0 saturated carbocycles. The lowest BCUT2D eigenvalue weighted by molar-refractivity contribution is 0.348. The maximum absolute atomic E-state index is 4.66. The molecule has 0 atom stereocenters. The summed E-state index contributed by atoms with van der Waals surface area (Å²) in [5.74, 6) is 0. The molecule has 0 radical (unpaired) electrons. The molecule has 3 nitrogen and oxygen atoms in total. The molecule has 0 aliphatic carbocycles. The Bertz CT molecular complexity index is 328. The van der Waals surface area contributed by atoms with Gasteiger partial charge in [0.15, 0.2) is 0 Å². The summed E-state index contributed by atoms with van der Waals surface area (Å²) in [4.78, 5) is 6.96. The van der Waals surface area contributed by atoms with Crippen LogP contribution in [0, 0.1) is 0 Å². The maximum Gasteiger partial charge on any atom is 0.0982 e. The Hall–Kier alpha value is -0.450. The fourth-order valence-corrected chi connectivity index (χ4v) is 2.28. The van der Waals surface area contributed by atoms with Gasteiger partial charge in [-0.1, -0.05) is 27.7 Å². The van der Waals surface area contributed by atoms with E-state index in [9.17, 15) is 0 Å². The Kier molecular flexibility index (Phi) is 5.56. The van der Waals surface area contributed by atoms with Crippen molar-refractivity contribution in [2.24, 2.45) is 0 Å². The average Bonchev–Trinajstić information content (AvgIpc) is 2.72. The summed E-state index contributed by atoms with van der Waals surface area (Å²) in [5.41, 5.74) is 1.34. The van der Waals surface area contributed by atoms with E-state index in [1.807, 2.05) is 0 Å².